The third-order valence-corrected chi connectivity index (χ3v) is 4.28. The summed E-state index contributed by atoms with van der Waals surface area (Å²) in [6, 6.07) is 9.86. The molecule has 0 amide bonds. The second-order valence-electron chi connectivity index (χ2n) is 5.82. The van der Waals surface area contributed by atoms with E-state index in [1.807, 2.05) is 37.4 Å². The number of esters is 1. The molecule has 0 aliphatic carbocycles. The summed E-state index contributed by atoms with van der Waals surface area (Å²) in [4.78, 5) is 30.3. The molecule has 0 bridgehead atoms. The van der Waals surface area contributed by atoms with Gasteiger partial charge in [0.25, 0.3) is 5.56 Å². The minimum atomic E-state index is -0.815. The Kier molecular flexibility index (Phi) is 4.35. The van der Waals surface area contributed by atoms with E-state index in [1.54, 1.807) is 0 Å². The molecule has 1 N–H and O–H groups in total. The third kappa shape index (κ3) is 2.78. The number of aromatic nitrogens is 2. The molecule has 24 heavy (non-hydrogen) atoms. The first kappa shape index (κ1) is 16.2. The summed E-state index contributed by atoms with van der Waals surface area (Å²) >= 11 is 0. The number of carbonyl (C=O) groups excluding carboxylic acids is 1. The summed E-state index contributed by atoms with van der Waals surface area (Å²) in [5.41, 5.74) is 0.220. The van der Waals surface area contributed by atoms with Crippen LogP contribution in [-0.2, 0) is 17.8 Å². The van der Waals surface area contributed by atoms with Gasteiger partial charge in [0.05, 0.1) is 13.2 Å². The molecule has 1 aromatic carbocycles. The molecule has 0 radical (unpaired) electrons. The average Bonchev–Trinajstić information content (AvgIpc) is 3.02. The van der Waals surface area contributed by atoms with Crippen LogP contribution in [0.1, 0.15) is 34.3 Å². The van der Waals surface area contributed by atoms with Crippen LogP contribution in [0.3, 0.4) is 0 Å². The molecule has 0 spiro atoms. The Labute approximate surface area is 139 Å². The fraction of sp³-hybridized carbons (Fsp3) is 0.353. The number of rotatable bonds is 4. The molecule has 126 valence electrons. The largest absolute Gasteiger partial charge is 0.501 e. The van der Waals surface area contributed by atoms with Crippen LogP contribution >= 0.6 is 0 Å². The first-order valence-corrected chi connectivity index (χ1v) is 7.69. The zero-order valence-electron chi connectivity index (χ0n) is 13.6. The van der Waals surface area contributed by atoms with Crippen molar-refractivity contribution in [2.24, 2.45) is 0 Å². The first-order valence-electron chi connectivity index (χ1n) is 7.69. The zero-order chi connectivity index (χ0) is 17.3. The molecule has 1 atom stereocenters. The van der Waals surface area contributed by atoms with Gasteiger partial charge in [-0.1, -0.05) is 30.3 Å². The molecule has 0 fully saturated rings. The predicted molar refractivity (Wildman–Crippen MR) is 86.8 cm³/mol. The van der Waals surface area contributed by atoms with Crippen molar-refractivity contribution in [2.45, 2.75) is 25.6 Å². The fourth-order valence-electron chi connectivity index (χ4n) is 3.05. The Morgan fingerprint density at radius 3 is 2.79 bits per heavy atom. The molecule has 3 rings (SSSR count). The molecule has 1 aromatic heterocycles. The van der Waals surface area contributed by atoms with E-state index in [0.717, 1.165) is 5.56 Å². The summed E-state index contributed by atoms with van der Waals surface area (Å²) in [5, 5.41) is 9.91. The number of fused-ring (bicyclic) bond motifs is 1. The molecule has 0 saturated heterocycles. The number of hydrogen-bond donors (Lipinski definition) is 1. The standard InChI is InChI=1S/C17H19N3O4/c1-19(10-11-6-4-3-5-7-11)12-8-9-20-15(12)18-13(17(23)24-2)14(21)16(20)22/h3-7,12,21H,8-10H2,1-2H3. The van der Waals surface area contributed by atoms with Crippen LogP contribution in [0, 0.1) is 0 Å². The van der Waals surface area contributed by atoms with Crippen LogP contribution in [0.5, 0.6) is 5.75 Å². The van der Waals surface area contributed by atoms with E-state index in [-0.39, 0.29) is 11.7 Å². The van der Waals surface area contributed by atoms with Crippen LogP contribution < -0.4 is 5.56 Å². The lowest BCUT2D eigenvalue weighted by molar-refractivity contribution is 0.0588. The van der Waals surface area contributed by atoms with Gasteiger partial charge in [-0.15, -0.1) is 0 Å². The Hall–Kier alpha value is -2.67. The summed E-state index contributed by atoms with van der Waals surface area (Å²) in [5.74, 6) is -0.988. The van der Waals surface area contributed by atoms with E-state index in [4.69, 9.17) is 0 Å². The molecule has 0 saturated carbocycles. The highest BCUT2D eigenvalue weighted by Crippen LogP contribution is 2.30. The molecule has 1 aliphatic rings. The highest BCUT2D eigenvalue weighted by molar-refractivity contribution is 5.89. The van der Waals surface area contributed by atoms with Crippen molar-refractivity contribution < 1.29 is 14.6 Å². The number of ether oxygens (including phenoxy) is 1. The molecule has 2 heterocycles. The second kappa shape index (κ2) is 6.45. The van der Waals surface area contributed by atoms with E-state index >= 15 is 0 Å². The van der Waals surface area contributed by atoms with E-state index in [9.17, 15) is 14.7 Å². The minimum Gasteiger partial charge on any atom is -0.501 e. The van der Waals surface area contributed by atoms with Gasteiger partial charge >= 0.3 is 5.97 Å². The third-order valence-electron chi connectivity index (χ3n) is 4.28. The topological polar surface area (TPSA) is 84.7 Å². The molecular formula is C17H19N3O4. The Bertz CT molecular complexity index is 817. The van der Waals surface area contributed by atoms with Crippen LogP contribution in [0.4, 0.5) is 0 Å². The Balaban J connectivity index is 1.95. The van der Waals surface area contributed by atoms with Gasteiger partial charge in [0.15, 0.2) is 5.69 Å². The van der Waals surface area contributed by atoms with E-state index in [2.05, 4.69) is 14.6 Å². The highest BCUT2D eigenvalue weighted by atomic mass is 16.5. The maximum Gasteiger partial charge on any atom is 0.360 e. The minimum absolute atomic E-state index is 0.109. The van der Waals surface area contributed by atoms with Crippen LogP contribution in [0.15, 0.2) is 35.1 Å². The average molecular weight is 329 g/mol. The van der Waals surface area contributed by atoms with Crippen molar-refractivity contribution in [3.8, 4) is 5.75 Å². The molecule has 7 nitrogen and oxygen atoms in total. The maximum atomic E-state index is 12.3. The molecule has 2 aromatic rings. The second-order valence-corrected chi connectivity index (χ2v) is 5.82. The lowest BCUT2D eigenvalue weighted by Gasteiger charge is -2.24. The van der Waals surface area contributed by atoms with Crippen molar-refractivity contribution in [2.75, 3.05) is 14.2 Å². The number of benzene rings is 1. The highest BCUT2D eigenvalue weighted by Gasteiger charge is 2.32. The van der Waals surface area contributed by atoms with Gasteiger partial charge in [-0.25, -0.2) is 9.78 Å². The van der Waals surface area contributed by atoms with Gasteiger partial charge < -0.3 is 9.84 Å². The zero-order valence-corrected chi connectivity index (χ0v) is 13.6. The van der Waals surface area contributed by atoms with Crippen LogP contribution in [0.2, 0.25) is 0 Å². The lowest BCUT2D eigenvalue weighted by Crippen LogP contribution is -2.28. The molecule has 1 unspecified atom stereocenters. The van der Waals surface area contributed by atoms with E-state index in [1.165, 1.54) is 11.7 Å². The normalized spacial score (nSPS) is 16.2. The predicted octanol–water partition coefficient (Wildman–Crippen LogP) is 1.31. The van der Waals surface area contributed by atoms with Crippen LogP contribution in [0.25, 0.3) is 0 Å². The van der Waals surface area contributed by atoms with Crippen molar-refractivity contribution in [1.82, 2.24) is 14.5 Å². The maximum absolute atomic E-state index is 12.3. The van der Waals surface area contributed by atoms with E-state index in [0.29, 0.717) is 25.3 Å². The van der Waals surface area contributed by atoms with Crippen molar-refractivity contribution in [3.63, 3.8) is 0 Å². The van der Waals surface area contributed by atoms with Gasteiger partial charge in [-0.2, -0.15) is 0 Å². The van der Waals surface area contributed by atoms with Gasteiger partial charge in [-0.3, -0.25) is 14.3 Å². The van der Waals surface area contributed by atoms with Crippen molar-refractivity contribution in [1.29, 1.82) is 0 Å². The Morgan fingerprint density at radius 2 is 2.12 bits per heavy atom. The van der Waals surface area contributed by atoms with Gasteiger partial charge in [0.1, 0.15) is 5.82 Å². The first-order chi connectivity index (χ1) is 11.5. The number of carbonyl (C=O) groups is 1. The Morgan fingerprint density at radius 1 is 1.42 bits per heavy atom. The molecule has 7 heteroatoms. The van der Waals surface area contributed by atoms with Gasteiger partial charge in [0, 0.05) is 13.1 Å². The van der Waals surface area contributed by atoms with Crippen molar-refractivity contribution >= 4 is 5.97 Å². The summed E-state index contributed by atoms with van der Waals surface area (Å²) in [6.45, 7) is 1.15. The number of hydrogen-bond acceptors (Lipinski definition) is 6. The summed E-state index contributed by atoms with van der Waals surface area (Å²) < 4.78 is 6.02. The lowest BCUT2D eigenvalue weighted by atomic mass is 10.1. The SMILES string of the molecule is COC(=O)c1nc2n(c(=O)c1O)CCC2N(C)Cc1ccccc1. The van der Waals surface area contributed by atoms with Gasteiger partial charge in [-0.05, 0) is 19.0 Å². The quantitative estimate of drug-likeness (QED) is 0.852. The van der Waals surface area contributed by atoms with Crippen LogP contribution in [-0.4, -0.2) is 39.7 Å². The van der Waals surface area contributed by atoms with Crippen molar-refractivity contribution in [3.05, 3.63) is 57.8 Å². The fourth-order valence-corrected chi connectivity index (χ4v) is 3.05. The number of aromatic hydroxyl groups is 1. The summed E-state index contributed by atoms with van der Waals surface area (Å²) in [7, 11) is 3.14. The monoisotopic (exact) mass is 329 g/mol. The molecular weight excluding hydrogens is 310 g/mol. The van der Waals surface area contributed by atoms with E-state index < -0.39 is 17.3 Å². The summed E-state index contributed by atoms with van der Waals surface area (Å²) in [6.07, 6.45) is 0.690. The smallest absolute Gasteiger partial charge is 0.360 e. The number of nitrogens with zero attached hydrogens (tertiary/aromatic N) is 3. The number of methoxy groups -OCH3 is 1. The molecule has 1 aliphatic heterocycles. The van der Waals surface area contributed by atoms with Gasteiger partial charge in [0.2, 0.25) is 5.75 Å².